The number of nitrogens with zero attached hydrogens (tertiary/aromatic N) is 2. The highest BCUT2D eigenvalue weighted by Crippen LogP contribution is 2.41. The summed E-state index contributed by atoms with van der Waals surface area (Å²) in [7, 11) is 3.20. The third kappa shape index (κ3) is 3.96. The molecule has 0 N–H and O–H groups in total. The van der Waals surface area contributed by atoms with Gasteiger partial charge in [-0.2, -0.15) is 26.3 Å². The van der Waals surface area contributed by atoms with Crippen molar-refractivity contribution < 1.29 is 31.1 Å². The molecule has 0 aliphatic carbocycles. The van der Waals surface area contributed by atoms with Gasteiger partial charge >= 0.3 is 12.4 Å². The van der Waals surface area contributed by atoms with Crippen molar-refractivity contribution in [2.75, 3.05) is 20.7 Å². The Morgan fingerprint density at radius 2 is 1.82 bits per heavy atom. The molecule has 2 unspecified atom stereocenters. The number of aromatic nitrogens is 1. The average molecular weight is 406 g/mol. The SMILES string of the molecule is COC(c1cc(C(F)(F)F)nc2c(C(F)(F)F)cccc12)C1CCCCN1C. The van der Waals surface area contributed by atoms with Gasteiger partial charge in [-0.05, 0) is 44.1 Å². The maximum Gasteiger partial charge on any atom is 0.433 e. The molecule has 0 radical (unpaired) electrons. The topological polar surface area (TPSA) is 25.4 Å². The number of methoxy groups -OCH3 is 1. The molecule has 1 aliphatic rings. The van der Waals surface area contributed by atoms with Crippen molar-refractivity contribution in [3.63, 3.8) is 0 Å². The van der Waals surface area contributed by atoms with E-state index in [1.54, 1.807) is 0 Å². The first-order valence-electron chi connectivity index (χ1n) is 8.85. The molecule has 2 heterocycles. The van der Waals surface area contributed by atoms with Gasteiger partial charge in [-0.3, -0.25) is 0 Å². The van der Waals surface area contributed by atoms with Crippen molar-refractivity contribution in [1.29, 1.82) is 0 Å². The van der Waals surface area contributed by atoms with Gasteiger partial charge in [-0.25, -0.2) is 4.98 Å². The summed E-state index contributed by atoms with van der Waals surface area (Å²) >= 11 is 0. The lowest BCUT2D eigenvalue weighted by Gasteiger charge is -2.38. The second kappa shape index (κ2) is 7.51. The zero-order chi connectivity index (χ0) is 20.7. The molecule has 3 nitrogen and oxygen atoms in total. The van der Waals surface area contributed by atoms with Crippen molar-refractivity contribution in [1.82, 2.24) is 9.88 Å². The minimum atomic E-state index is -4.88. The lowest BCUT2D eigenvalue weighted by Crippen LogP contribution is -2.41. The number of hydrogen-bond acceptors (Lipinski definition) is 3. The van der Waals surface area contributed by atoms with Crippen molar-refractivity contribution >= 4 is 10.9 Å². The van der Waals surface area contributed by atoms with Crippen molar-refractivity contribution in [2.24, 2.45) is 0 Å². The van der Waals surface area contributed by atoms with Gasteiger partial charge in [0, 0.05) is 18.5 Å². The molecule has 1 aliphatic heterocycles. The standard InChI is InChI=1S/C19H20F6N2O/c1-27-9-4-3-8-14(27)17(28-2)12-10-15(19(23,24)25)26-16-11(12)6-5-7-13(16)18(20,21)22/h5-7,10,14,17H,3-4,8-9H2,1-2H3. The van der Waals surface area contributed by atoms with Crippen LogP contribution in [0.25, 0.3) is 10.9 Å². The number of halogens is 6. The normalized spacial score (nSPS) is 20.5. The first-order valence-corrected chi connectivity index (χ1v) is 8.85. The Bertz CT molecular complexity index is 849. The molecule has 0 bridgehead atoms. The summed E-state index contributed by atoms with van der Waals surface area (Å²) in [5.41, 5.74) is -3.18. The van der Waals surface area contributed by atoms with Crippen LogP contribution in [-0.2, 0) is 17.1 Å². The number of likely N-dealkylation sites (N-methyl/N-ethyl adjacent to an activating group) is 1. The molecule has 154 valence electrons. The van der Waals surface area contributed by atoms with E-state index in [2.05, 4.69) is 4.98 Å². The number of para-hydroxylation sites is 1. The maximum absolute atomic E-state index is 13.4. The number of hydrogen-bond donors (Lipinski definition) is 0. The lowest BCUT2D eigenvalue weighted by molar-refractivity contribution is -0.142. The first kappa shape index (κ1) is 20.9. The molecule has 0 spiro atoms. The number of alkyl halides is 6. The maximum atomic E-state index is 13.4. The quantitative estimate of drug-likeness (QED) is 0.635. The molecule has 0 amide bonds. The van der Waals surface area contributed by atoms with E-state index in [1.807, 2.05) is 11.9 Å². The van der Waals surface area contributed by atoms with Crippen LogP contribution in [0.5, 0.6) is 0 Å². The van der Waals surface area contributed by atoms with E-state index >= 15 is 0 Å². The molecule has 2 atom stereocenters. The zero-order valence-electron chi connectivity index (χ0n) is 15.4. The van der Waals surface area contributed by atoms with Crippen LogP contribution in [0.2, 0.25) is 0 Å². The van der Waals surface area contributed by atoms with Crippen LogP contribution in [0, 0.1) is 0 Å². The molecular weight excluding hydrogens is 386 g/mol. The smallest absolute Gasteiger partial charge is 0.375 e. The number of likely N-dealkylation sites (tertiary alicyclic amines) is 1. The highest BCUT2D eigenvalue weighted by Gasteiger charge is 2.39. The van der Waals surface area contributed by atoms with Crippen molar-refractivity contribution in [2.45, 2.75) is 43.8 Å². The van der Waals surface area contributed by atoms with Gasteiger partial charge in [-0.15, -0.1) is 0 Å². The summed E-state index contributed by atoms with van der Waals surface area (Å²) < 4.78 is 86.0. The Hall–Kier alpha value is -1.87. The largest absolute Gasteiger partial charge is 0.433 e. The fourth-order valence-electron chi connectivity index (χ4n) is 3.86. The summed E-state index contributed by atoms with van der Waals surface area (Å²) in [6.45, 7) is 0.744. The van der Waals surface area contributed by atoms with E-state index in [4.69, 9.17) is 4.74 Å². The molecular formula is C19H20F6N2O. The molecule has 1 aromatic heterocycles. The molecule has 28 heavy (non-hydrogen) atoms. The van der Waals surface area contributed by atoms with Gasteiger partial charge < -0.3 is 9.64 Å². The summed E-state index contributed by atoms with van der Waals surface area (Å²) in [6.07, 6.45) is -8.00. The highest BCUT2D eigenvalue weighted by molar-refractivity contribution is 5.86. The molecule has 0 saturated carbocycles. The number of piperidine rings is 1. The number of benzene rings is 1. The van der Waals surface area contributed by atoms with E-state index in [1.165, 1.54) is 19.2 Å². The fourth-order valence-corrected chi connectivity index (χ4v) is 3.86. The Morgan fingerprint density at radius 1 is 1.11 bits per heavy atom. The monoisotopic (exact) mass is 406 g/mol. The minimum Gasteiger partial charge on any atom is -0.375 e. The number of rotatable bonds is 3. The second-order valence-electron chi connectivity index (χ2n) is 6.99. The summed E-state index contributed by atoms with van der Waals surface area (Å²) in [5, 5.41) is 0.0219. The van der Waals surface area contributed by atoms with Gasteiger partial charge in [0.2, 0.25) is 0 Å². The van der Waals surface area contributed by atoms with E-state index in [0.717, 1.165) is 31.5 Å². The summed E-state index contributed by atoms with van der Waals surface area (Å²) in [4.78, 5) is 5.32. The molecule has 9 heteroatoms. The molecule has 1 aromatic carbocycles. The van der Waals surface area contributed by atoms with Gasteiger partial charge in [0.25, 0.3) is 0 Å². The Kier molecular flexibility index (Phi) is 5.60. The summed E-state index contributed by atoms with van der Waals surface area (Å²) in [6, 6.07) is 3.87. The number of pyridine rings is 1. The average Bonchev–Trinajstić information content (AvgIpc) is 2.61. The number of fused-ring (bicyclic) bond motifs is 1. The van der Waals surface area contributed by atoms with E-state index in [0.29, 0.717) is 6.42 Å². The molecule has 2 aromatic rings. The van der Waals surface area contributed by atoms with Gasteiger partial charge in [0.15, 0.2) is 0 Å². The number of ether oxygens (including phenoxy) is 1. The predicted molar refractivity (Wildman–Crippen MR) is 91.8 cm³/mol. The Labute approximate surface area is 158 Å². The minimum absolute atomic E-state index is 0.0219. The van der Waals surface area contributed by atoms with Crippen LogP contribution in [0.15, 0.2) is 24.3 Å². The van der Waals surface area contributed by atoms with Crippen LogP contribution in [-0.4, -0.2) is 36.6 Å². The van der Waals surface area contributed by atoms with E-state index < -0.39 is 35.2 Å². The van der Waals surface area contributed by atoms with Gasteiger partial charge in [0.1, 0.15) is 5.69 Å². The third-order valence-corrected chi connectivity index (χ3v) is 5.20. The fraction of sp³-hybridized carbons (Fsp3) is 0.526. The molecule has 1 fully saturated rings. The Morgan fingerprint density at radius 3 is 2.39 bits per heavy atom. The van der Waals surface area contributed by atoms with Crippen LogP contribution in [0.4, 0.5) is 26.3 Å². The molecule has 3 rings (SSSR count). The predicted octanol–water partition coefficient (Wildman–Crippen LogP) is 5.44. The van der Waals surface area contributed by atoms with E-state index in [9.17, 15) is 26.3 Å². The van der Waals surface area contributed by atoms with Crippen LogP contribution in [0.1, 0.15) is 42.2 Å². The molecule has 1 saturated heterocycles. The van der Waals surface area contributed by atoms with E-state index in [-0.39, 0.29) is 17.0 Å². The van der Waals surface area contributed by atoms with Crippen molar-refractivity contribution in [3.05, 3.63) is 41.1 Å². The van der Waals surface area contributed by atoms with Gasteiger partial charge in [-0.1, -0.05) is 18.6 Å². The Balaban J connectivity index is 2.28. The third-order valence-electron chi connectivity index (χ3n) is 5.20. The lowest BCUT2D eigenvalue weighted by atomic mass is 9.90. The van der Waals surface area contributed by atoms with Crippen LogP contribution >= 0.6 is 0 Å². The van der Waals surface area contributed by atoms with Crippen LogP contribution in [0.3, 0.4) is 0 Å². The van der Waals surface area contributed by atoms with Crippen LogP contribution < -0.4 is 0 Å². The van der Waals surface area contributed by atoms with Gasteiger partial charge in [0.05, 0.1) is 17.2 Å². The van der Waals surface area contributed by atoms with Crippen molar-refractivity contribution in [3.8, 4) is 0 Å². The zero-order valence-corrected chi connectivity index (χ0v) is 15.4. The highest BCUT2D eigenvalue weighted by atomic mass is 19.4. The summed E-state index contributed by atoms with van der Waals surface area (Å²) in [5.74, 6) is 0. The second-order valence-corrected chi connectivity index (χ2v) is 6.99. The first-order chi connectivity index (χ1) is 13.0.